The van der Waals surface area contributed by atoms with Gasteiger partial charge in [-0.1, -0.05) is 0 Å². The number of benzene rings is 1. The van der Waals surface area contributed by atoms with E-state index < -0.39 is 45.8 Å². The van der Waals surface area contributed by atoms with Gasteiger partial charge in [0.1, 0.15) is 22.4 Å². The van der Waals surface area contributed by atoms with Crippen LogP contribution in [-0.2, 0) is 4.74 Å². The minimum Gasteiger partial charge on any atom is -0.507 e. The van der Waals surface area contributed by atoms with Gasteiger partial charge in [-0.3, -0.25) is 0 Å². The zero-order chi connectivity index (χ0) is 15.9. The predicted molar refractivity (Wildman–Crippen MR) is 68.8 cm³/mol. The first kappa shape index (κ1) is 14.4. The van der Waals surface area contributed by atoms with Gasteiger partial charge in [-0.15, -0.1) is 0 Å². The van der Waals surface area contributed by atoms with E-state index in [1.54, 1.807) is 0 Å². The normalized spacial score (nSPS) is 10.6. The van der Waals surface area contributed by atoms with E-state index in [1.165, 1.54) is 6.92 Å². The molecule has 0 spiro atoms. The van der Waals surface area contributed by atoms with Crippen LogP contribution in [0, 0.1) is 6.92 Å². The van der Waals surface area contributed by atoms with Gasteiger partial charge in [0, 0.05) is 10.9 Å². The van der Waals surface area contributed by atoms with Crippen molar-refractivity contribution in [3.8, 4) is 11.5 Å². The number of aromatic carboxylic acids is 1. The molecule has 21 heavy (non-hydrogen) atoms. The second kappa shape index (κ2) is 4.82. The van der Waals surface area contributed by atoms with E-state index in [1.807, 2.05) is 0 Å². The molecule has 0 saturated carbocycles. The third kappa shape index (κ3) is 2.06. The van der Waals surface area contributed by atoms with E-state index in [4.69, 9.17) is 5.11 Å². The Morgan fingerprint density at radius 1 is 1.24 bits per heavy atom. The summed E-state index contributed by atoms with van der Waals surface area (Å²) >= 11 is 0. The minimum absolute atomic E-state index is 0.0358. The number of aryl methyl sites for hydroxylation is 1. The van der Waals surface area contributed by atoms with Crippen molar-refractivity contribution in [2.75, 3.05) is 7.11 Å². The highest BCUT2D eigenvalue weighted by molar-refractivity contribution is 6.06. The van der Waals surface area contributed by atoms with Crippen LogP contribution in [0.3, 0.4) is 0 Å². The van der Waals surface area contributed by atoms with E-state index in [0.29, 0.717) is 0 Å². The number of carboxylic acid groups (broad SMARTS) is 1. The summed E-state index contributed by atoms with van der Waals surface area (Å²) in [6, 6.07) is 0.981. The van der Waals surface area contributed by atoms with Crippen LogP contribution in [-0.4, -0.2) is 34.4 Å². The van der Waals surface area contributed by atoms with Crippen LogP contribution in [0.4, 0.5) is 0 Å². The molecule has 0 fully saturated rings. The molecule has 0 aliphatic heterocycles. The molecule has 0 bridgehead atoms. The third-order valence-corrected chi connectivity index (χ3v) is 3.02. The van der Waals surface area contributed by atoms with Crippen molar-refractivity contribution >= 4 is 22.7 Å². The Bertz CT molecular complexity index is 830. The van der Waals surface area contributed by atoms with Crippen molar-refractivity contribution in [3.05, 3.63) is 33.4 Å². The molecular formula is C13H10O8. The van der Waals surface area contributed by atoms with Crippen molar-refractivity contribution in [1.29, 1.82) is 0 Å². The number of carbonyl (C=O) groups excluding carboxylic acids is 1. The summed E-state index contributed by atoms with van der Waals surface area (Å²) in [6.45, 7) is 1.36. The zero-order valence-electron chi connectivity index (χ0n) is 11.0. The van der Waals surface area contributed by atoms with Gasteiger partial charge >= 0.3 is 17.6 Å². The van der Waals surface area contributed by atoms with Crippen molar-refractivity contribution < 1.29 is 34.1 Å². The lowest BCUT2D eigenvalue weighted by atomic mass is 10.00. The number of methoxy groups -OCH3 is 1. The summed E-state index contributed by atoms with van der Waals surface area (Å²) < 4.78 is 8.97. The number of carbonyl (C=O) groups is 2. The smallest absolute Gasteiger partial charge is 0.371 e. The number of fused-ring (bicyclic) bond motifs is 1. The van der Waals surface area contributed by atoms with Crippen LogP contribution in [0.5, 0.6) is 11.5 Å². The number of aromatic hydroxyl groups is 2. The second-order valence-electron chi connectivity index (χ2n) is 4.18. The SMILES string of the molecule is COC(=O)c1c(O)c(C)c2cc(C(=O)O)oc(=O)c2c1O. The fourth-order valence-electron chi connectivity index (χ4n) is 1.97. The number of carboxylic acids is 1. The lowest BCUT2D eigenvalue weighted by molar-refractivity contribution is 0.0592. The zero-order valence-corrected chi connectivity index (χ0v) is 11.0. The van der Waals surface area contributed by atoms with E-state index in [9.17, 15) is 24.6 Å². The van der Waals surface area contributed by atoms with Gasteiger partial charge in [0.05, 0.1) is 7.11 Å². The summed E-state index contributed by atoms with van der Waals surface area (Å²) in [5.41, 5.74) is -1.69. The lowest BCUT2D eigenvalue weighted by Gasteiger charge is -2.11. The molecule has 0 saturated heterocycles. The van der Waals surface area contributed by atoms with Crippen molar-refractivity contribution in [2.45, 2.75) is 6.92 Å². The molecule has 1 heterocycles. The molecule has 0 atom stereocenters. The summed E-state index contributed by atoms with van der Waals surface area (Å²) in [5.74, 6) is -4.61. The molecule has 1 aromatic heterocycles. The van der Waals surface area contributed by atoms with E-state index in [-0.39, 0.29) is 10.9 Å². The Hall–Kier alpha value is -3.03. The maximum Gasteiger partial charge on any atom is 0.371 e. The van der Waals surface area contributed by atoms with E-state index >= 15 is 0 Å². The molecule has 0 unspecified atom stereocenters. The molecule has 8 heteroatoms. The number of hydrogen-bond acceptors (Lipinski definition) is 7. The highest BCUT2D eigenvalue weighted by Gasteiger charge is 2.26. The van der Waals surface area contributed by atoms with Gasteiger partial charge in [-0.2, -0.15) is 0 Å². The van der Waals surface area contributed by atoms with Crippen LogP contribution >= 0.6 is 0 Å². The van der Waals surface area contributed by atoms with Crippen molar-refractivity contribution in [2.24, 2.45) is 0 Å². The lowest BCUT2D eigenvalue weighted by Crippen LogP contribution is -2.10. The van der Waals surface area contributed by atoms with E-state index in [2.05, 4.69) is 9.15 Å². The number of esters is 1. The van der Waals surface area contributed by atoms with Gasteiger partial charge in [-0.25, -0.2) is 14.4 Å². The topological polar surface area (TPSA) is 134 Å². The van der Waals surface area contributed by atoms with Gasteiger partial charge in [-0.05, 0) is 13.0 Å². The van der Waals surface area contributed by atoms with Gasteiger partial charge in [0.2, 0.25) is 5.76 Å². The average Bonchev–Trinajstić information content (AvgIpc) is 2.43. The standard InChI is InChI=1S/C13H10O8/c1-4-5-3-6(11(16)17)21-13(19)7(5)10(15)8(9(4)14)12(18)20-2/h3,14-15H,1-2H3,(H,16,17). The number of phenolic OH excluding ortho intramolecular Hbond substituents is 2. The molecule has 0 radical (unpaired) electrons. The quantitative estimate of drug-likeness (QED) is 0.698. The Labute approximate surface area is 116 Å². The van der Waals surface area contributed by atoms with Crippen molar-refractivity contribution in [3.63, 3.8) is 0 Å². The van der Waals surface area contributed by atoms with Gasteiger partial charge in [0.15, 0.2) is 0 Å². The molecular weight excluding hydrogens is 284 g/mol. The number of rotatable bonds is 2. The monoisotopic (exact) mass is 294 g/mol. The number of ether oxygens (including phenoxy) is 1. The van der Waals surface area contributed by atoms with Crippen LogP contribution in [0.25, 0.3) is 10.8 Å². The Balaban J connectivity index is 3.02. The fraction of sp³-hybridized carbons (Fsp3) is 0.154. The summed E-state index contributed by atoms with van der Waals surface area (Å²) in [6.07, 6.45) is 0. The van der Waals surface area contributed by atoms with Gasteiger partial charge in [0.25, 0.3) is 0 Å². The largest absolute Gasteiger partial charge is 0.507 e. The molecule has 110 valence electrons. The second-order valence-corrected chi connectivity index (χ2v) is 4.18. The van der Waals surface area contributed by atoms with E-state index in [0.717, 1.165) is 13.2 Å². The first-order valence-electron chi connectivity index (χ1n) is 5.63. The summed E-state index contributed by atoms with van der Waals surface area (Å²) in [5, 5.41) is 28.4. The Kier molecular flexibility index (Phi) is 3.30. The molecule has 0 aliphatic rings. The molecule has 0 amide bonds. The average molecular weight is 294 g/mol. The third-order valence-electron chi connectivity index (χ3n) is 3.02. The Morgan fingerprint density at radius 2 is 1.86 bits per heavy atom. The van der Waals surface area contributed by atoms with Gasteiger partial charge < -0.3 is 24.5 Å². The van der Waals surface area contributed by atoms with Crippen molar-refractivity contribution in [1.82, 2.24) is 0 Å². The number of hydrogen-bond donors (Lipinski definition) is 3. The first-order valence-corrected chi connectivity index (χ1v) is 5.63. The van der Waals surface area contributed by atoms with Crippen LogP contribution in [0.2, 0.25) is 0 Å². The highest BCUT2D eigenvalue weighted by Crippen LogP contribution is 2.38. The molecule has 3 N–H and O–H groups in total. The maximum absolute atomic E-state index is 11.8. The highest BCUT2D eigenvalue weighted by atomic mass is 16.5. The number of phenols is 2. The van der Waals surface area contributed by atoms with Crippen LogP contribution in [0.1, 0.15) is 26.5 Å². The maximum atomic E-state index is 11.8. The minimum atomic E-state index is -1.48. The Morgan fingerprint density at radius 3 is 2.38 bits per heavy atom. The first-order chi connectivity index (χ1) is 9.79. The molecule has 2 rings (SSSR count). The molecule has 2 aromatic rings. The van der Waals surface area contributed by atoms with Crippen LogP contribution in [0.15, 0.2) is 15.3 Å². The summed E-state index contributed by atoms with van der Waals surface area (Å²) in [4.78, 5) is 34.3. The fourth-order valence-corrected chi connectivity index (χ4v) is 1.97. The molecule has 0 aliphatic carbocycles. The molecule has 8 nitrogen and oxygen atoms in total. The summed E-state index contributed by atoms with van der Waals surface area (Å²) in [7, 11) is 1.04. The van der Waals surface area contributed by atoms with Crippen LogP contribution < -0.4 is 5.63 Å². The molecule has 1 aromatic carbocycles. The predicted octanol–water partition coefficient (Wildman–Crippen LogP) is 0.997.